The Morgan fingerprint density at radius 2 is 1.74 bits per heavy atom. The molecule has 0 aromatic heterocycles. The van der Waals surface area contributed by atoms with Gasteiger partial charge in [0.15, 0.2) is 5.78 Å². The molecule has 0 spiro atoms. The molecule has 2 saturated carbocycles. The van der Waals surface area contributed by atoms with Crippen LogP contribution in [0.5, 0.6) is 0 Å². The summed E-state index contributed by atoms with van der Waals surface area (Å²) in [6.07, 6.45) is 1.67. The van der Waals surface area contributed by atoms with Crippen LogP contribution in [0.25, 0.3) is 0 Å². The van der Waals surface area contributed by atoms with Gasteiger partial charge in [0.2, 0.25) is 10.0 Å². The third-order valence-corrected chi connectivity index (χ3v) is 8.28. The number of hydrogen-bond acceptors (Lipinski definition) is 3. The molecule has 0 amide bonds. The summed E-state index contributed by atoms with van der Waals surface area (Å²) < 4.78 is 26.9. The third kappa shape index (κ3) is 1.67. The molecular weight excluding hydrogens is 262 g/mol. The minimum absolute atomic E-state index is 0.0319. The maximum atomic E-state index is 12.7. The molecular formula is C14H25NO3S. The van der Waals surface area contributed by atoms with E-state index in [2.05, 4.69) is 13.8 Å². The Bertz CT molecular complexity index is 493. The molecule has 0 aromatic carbocycles. The Balaban J connectivity index is 2.47. The van der Waals surface area contributed by atoms with Crippen LogP contribution < -0.4 is 0 Å². The zero-order valence-corrected chi connectivity index (χ0v) is 13.4. The van der Waals surface area contributed by atoms with Gasteiger partial charge in [-0.2, -0.15) is 0 Å². The number of sulfonamides is 1. The van der Waals surface area contributed by atoms with Gasteiger partial charge in [-0.05, 0) is 24.2 Å². The lowest BCUT2D eigenvalue weighted by atomic mass is 9.70. The van der Waals surface area contributed by atoms with Crippen LogP contribution in [0.15, 0.2) is 0 Å². The van der Waals surface area contributed by atoms with Gasteiger partial charge in [-0.25, -0.2) is 12.7 Å². The number of carbonyl (C=O) groups is 1. The standard InChI is InChI=1S/C14H25NO3S/c1-6-15(7-2)19(17,18)11-10-8-9-14(5,12(11)16)13(10,3)4/h10-11H,6-9H2,1-5H3/t10-,11+,14+/m1/s1. The lowest BCUT2D eigenvalue weighted by Gasteiger charge is -2.32. The number of hydrogen-bond donors (Lipinski definition) is 0. The van der Waals surface area contributed by atoms with E-state index in [0.717, 1.165) is 12.8 Å². The average Bonchev–Trinajstić information content (AvgIpc) is 2.62. The first-order valence-electron chi connectivity index (χ1n) is 7.17. The highest BCUT2D eigenvalue weighted by atomic mass is 32.2. The first-order valence-corrected chi connectivity index (χ1v) is 8.68. The Kier molecular flexibility index (Phi) is 3.38. The number of carbonyl (C=O) groups excluding carboxylic acids is 1. The SMILES string of the molecule is CCN(CC)S(=O)(=O)[C@@H]1C(=O)[C@]2(C)CC[C@H]1C2(C)C. The van der Waals surface area contributed by atoms with E-state index in [1.807, 2.05) is 20.8 Å². The zero-order chi connectivity index (χ0) is 14.6. The smallest absolute Gasteiger partial charge is 0.224 e. The molecule has 2 rings (SSSR count). The minimum Gasteiger partial charge on any atom is -0.298 e. The van der Waals surface area contributed by atoms with Gasteiger partial charge in [0.25, 0.3) is 0 Å². The highest BCUT2D eigenvalue weighted by Gasteiger charge is 2.69. The van der Waals surface area contributed by atoms with Crippen LogP contribution in [-0.4, -0.2) is 36.8 Å². The summed E-state index contributed by atoms with van der Waals surface area (Å²) in [5.41, 5.74) is -0.683. The van der Waals surface area contributed by atoms with E-state index < -0.39 is 20.7 Å². The van der Waals surface area contributed by atoms with Crippen molar-refractivity contribution in [3.63, 3.8) is 0 Å². The van der Waals surface area contributed by atoms with Gasteiger partial charge in [0.05, 0.1) is 0 Å². The summed E-state index contributed by atoms with van der Waals surface area (Å²) in [6.45, 7) is 10.6. The molecule has 19 heavy (non-hydrogen) atoms. The van der Waals surface area contributed by atoms with Crippen molar-refractivity contribution in [2.75, 3.05) is 13.1 Å². The molecule has 0 N–H and O–H groups in total. The number of rotatable bonds is 4. The first kappa shape index (κ1) is 15.0. The maximum absolute atomic E-state index is 12.7. The van der Waals surface area contributed by atoms with E-state index in [-0.39, 0.29) is 17.1 Å². The van der Waals surface area contributed by atoms with Gasteiger partial charge in [-0.3, -0.25) is 4.79 Å². The molecule has 110 valence electrons. The summed E-state index contributed by atoms with van der Waals surface area (Å²) in [5, 5.41) is -0.818. The molecule has 3 atom stereocenters. The Hall–Kier alpha value is -0.420. The van der Waals surface area contributed by atoms with Crippen molar-refractivity contribution in [2.24, 2.45) is 16.7 Å². The second-order valence-corrected chi connectivity index (χ2v) is 8.67. The van der Waals surface area contributed by atoms with Crippen LogP contribution in [0.4, 0.5) is 0 Å². The normalized spacial score (nSPS) is 37.3. The molecule has 2 aliphatic rings. The topological polar surface area (TPSA) is 54.5 Å². The fraction of sp³-hybridized carbons (Fsp3) is 0.929. The van der Waals surface area contributed by atoms with Crippen molar-refractivity contribution in [3.05, 3.63) is 0 Å². The predicted octanol–water partition coefficient (Wildman–Crippen LogP) is 2.05. The number of fused-ring (bicyclic) bond motifs is 2. The number of Topliss-reactive ketones (excluding diaryl/α,β-unsaturated/α-hetero) is 1. The molecule has 2 aliphatic carbocycles. The molecule has 4 nitrogen and oxygen atoms in total. The average molecular weight is 287 g/mol. The predicted molar refractivity (Wildman–Crippen MR) is 75.2 cm³/mol. The van der Waals surface area contributed by atoms with Crippen LogP contribution in [0.2, 0.25) is 0 Å². The van der Waals surface area contributed by atoms with E-state index in [0.29, 0.717) is 13.1 Å². The minimum atomic E-state index is -3.51. The second kappa shape index (κ2) is 4.29. The van der Waals surface area contributed by atoms with E-state index in [4.69, 9.17) is 0 Å². The monoisotopic (exact) mass is 287 g/mol. The van der Waals surface area contributed by atoms with Crippen LogP contribution in [0.3, 0.4) is 0 Å². The summed E-state index contributed by atoms with van der Waals surface area (Å²) >= 11 is 0. The highest BCUT2D eigenvalue weighted by molar-refractivity contribution is 7.90. The summed E-state index contributed by atoms with van der Waals surface area (Å²) in [4.78, 5) is 12.7. The Morgan fingerprint density at radius 3 is 2.11 bits per heavy atom. The van der Waals surface area contributed by atoms with Crippen molar-refractivity contribution in [1.82, 2.24) is 4.31 Å². The fourth-order valence-electron chi connectivity index (χ4n) is 4.09. The molecule has 2 fully saturated rings. The molecule has 0 aromatic rings. The van der Waals surface area contributed by atoms with E-state index in [1.165, 1.54) is 4.31 Å². The largest absolute Gasteiger partial charge is 0.298 e. The van der Waals surface area contributed by atoms with Gasteiger partial charge < -0.3 is 0 Å². The summed E-state index contributed by atoms with van der Waals surface area (Å²) in [7, 11) is -3.51. The molecule has 2 bridgehead atoms. The lowest BCUT2D eigenvalue weighted by molar-refractivity contribution is -0.128. The van der Waals surface area contributed by atoms with Gasteiger partial charge in [-0.1, -0.05) is 34.6 Å². The van der Waals surface area contributed by atoms with E-state index in [9.17, 15) is 13.2 Å². The molecule has 5 heteroatoms. The second-order valence-electron chi connectivity index (χ2n) is 6.61. The highest BCUT2D eigenvalue weighted by Crippen LogP contribution is 2.65. The first-order chi connectivity index (χ1) is 8.64. The molecule has 0 heterocycles. The van der Waals surface area contributed by atoms with Gasteiger partial charge in [0.1, 0.15) is 5.25 Å². The fourth-order valence-corrected chi connectivity index (χ4v) is 6.55. The van der Waals surface area contributed by atoms with Crippen LogP contribution in [-0.2, 0) is 14.8 Å². The number of ketones is 1. The van der Waals surface area contributed by atoms with Crippen molar-refractivity contribution >= 4 is 15.8 Å². The van der Waals surface area contributed by atoms with E-state index >= 15 is 0 Å². The van der Waals surface area contributed by atoms with Gasteiger partial charge >= 0.3 is 0 Å². The van der Waals surface area contributed by atoms with E-state index in [1.54, 1.807) is 0 Å². The zero-order valence-electron chi connectivity index (χ0n) is 12.6. The third-order valence-electron chi connectivity index (χ3n) is 5.86. The molecule has 0 aliphatic heterocycles. The Labute approximate surface area is 116 Å². The molecule has 0 radical (unpaired) electrons. The van der Waals surface area contributed by atoms with Crippen LogP contribution in [0.1, 0.15) is 47.5 Å². The lowest BCUT2D eigenvalue weighted by Crippen LogP contribution is -2.46. The number of nitrogens with zero attached hydrogens (tertiary/aromatic N) is 1. The van der Waals surface area contributed by atoms with Crippen molar-refractivity contribution < 1.29 is 13.2 Å². The van der Waals surface area contributed by atoms with Crippen LogP contribution >= 0.6 is 0 Å². The maximum Gasteiger partial charge on any atom is 0.224 e. The molecule has 0 unspecified atom stereocenters. The summed E-state index contributed by atoms with van der Waals surface area (Å²) in [5.74, 6) is -0.0868. The van der Waals surface area contributed by atoms with Crippen LogP contribution in [0, 0.1) is 16.7 Å². The van der Waals surface area contributed by atoms with Gasteiger partial charge in [-0.15, -0.1) is 0 Å². The molecule has 0 saturated heterocycles. The quantitative estimate of drug-likeness (QED) is 0.795. The van der Waals surface area contributed by atoms with Crippen molar-refractivity contribution in [1.29, 1.82) is 0 Å². The summed E-state index contributed by atoms with van der Waals surface area (Å²) in [6, 6.07) is 0. The van der Waals surface area contributed by atoms with Crippen molar-refractivity contribution in [2.45, 2.75) is 52.7 Å². The Morgan fingerprint density at radius 1 is 1.21 bits per heavy atom. The van der Waals surface area contributed by atoms with Crippen molar-refractivity contribution in [3.8, 4) is 0 Å². The van der Waals surface area contributed by atoms with Gasteiger partial charge in [0, 0.05) is 18.5 Å².